The lowest BCUT2D eigenvalue weighted by molar-refractivity contribution is -0.139. The summed E-state index contributed by atoms with van der Waals surface area (Å²) in [6, 6.07) is 5.99. The van der Waals surface area contributed by atoms with Gasteiger partial charge in [-0.15, -0.1) is 0 Å². The highest BCUT2D eigenvalue weighted by atomic mass is 16.4. The lowest BCUT2D eigenvalue weighted by Crippen LogP contribution is -2.41. The number of aliphatic hydroxyl groups excluding tert-OH is 1. The van der Waals surface area contributed by atoms with E-state index in [1.165, 1.54) is 0 Å². The monoisotopic (exact) mass is 251 g/mol. The van der Waals surface area contributed by atoms with Gasteiger partial charge in [-0.3, -0.25) is 4.79 Å². The minimum absolute atomic E-state index is 0.00460. The van der Waals surface area contributed by atoms with Crippen molar-refractivity contribution in [1.82, 2.24) is 5.32 Å². The number of hydrogen-bond donors (Lipinski definition) is 3. The second kappa shape index (κ2) is 6.76. The fraction of sp³-hybridized carbons (Fsp3) is 0.385. The summed E-state index contributed by atoms with van der Waals surface area (Å²) >= 11 is 0. The fourth-order valence-electron chi connectivity index (χ4n) is 1.67. The van der Waals surface area contributed by atoms with Gasteiger partial charge in [0.1, 0.15) is 6.04 Å². The lowest BCUT2D eigenvalue weighted by Gasteiger charge is -2.14. The molecule has 1 rings (SSSR count). The molecule has 1 amide bonds. The van der Waals surface area contributed by atoms with Crippen LogP contribution in [0.2, 0.25) is 0 Å². The van der Waals surface area contributed by atoms with Crippen molar-refractivity contribution in [2.45, 2.75) is 25.8 Å². The van der Waals surface area contributed by atoms with Crippen molar-refractivity contribution in [3.05, 3.63) is 35.4 Å². The molecular formula is C13H17NO4. The number of aliphatic carboxylic acids is 1. The Labute approximate surface area is 105 Å². The van der Waals surface area contributed by atoms with Crippen LogP contribution in [0, 0.1) is 0 Å². The Morgan fingerprint density at radius 2 is 2.00 bits per heavy atom. The summed E-state index contributed by atoms with van der Waals surface area (Å²) in [7, 11) is 0. The van der Waals surface area contributed by atoms with E-state index in [0.29, 0.717) is 12.0 Å². The van der Waals surface area contributed by atoms with Crippen LogP contribution in [0.4, 0.5) is 0 Å². The predicted molar refractivity (Wildman–Crippen MR) is 66.4 cm³/mol. The zero-order valence-corrected chi connectivity index (χ0v) is 10.2. The van der Waals surface area contributed by atoms with E-state index in [-0.39, 0.29) is 13.0 Å². The molecule has 1 aromatic rings. The van der Waals surface area contributed by atoms with E-state index >= 15 is 0 Å². The number of aliphatic hydroxyl groups is 1. The molecule has 1 aromatic carbocycles. The molecule has 0 spiro atoms. The topological polar surface area (TPSA) is 86.6 Å². The van der Waals surface area contributed by atoms with Crippen LogP contribution < -0.4 is 5.32 Å². The van der Waals surface area contributed by atoms with E-state index in [9.17, 15) is 9.59 Å². The van der Waals surface area contributed by atoms with Gasteiger partial charge in [-0.05, 0) is 18.1 Å². The van der Waals surface area contributed by atoms with Crippen LogP contribution in [0.25, 0.3) is 0 Å². The summed E-state index contributed by atoms with van der Waals surface area (Å²) in [5, 5.41) is 20.1. The van der Waals surface area contributed by atoms with Crippen LogP contribution in [0.1, 0.15) is 29.3 Å². The quantitative estimate of drug-likeness (QED) is 0.698. The van der Waals surface area contributed by atoms with Gasteiger partial charge in [-0.2, -0.15) is 0 Å². The normalized spacial score (nSPS) is 11.9. The van der Waals surface area contributed by atoms with Gasteiger partial charge in [0.15, 0.2) is 0 Å². The van der Waals surface area contributed by atoms with Crippen LogP contribution in [0.3, 0.4) is 0 Å². The average molecular weight is 251 g/mol. The third-order valence-electron chi connectivity index (χ3n) is 2.66. The molecule has 0 bridgehead atoms. The Morgan fingerprint density at radius 3 is 2.56 bits per heavy atom. The zero-order valence-electron chi connectivity index (χ0n) is 10.2. The maximum absolute atomic E-state index is 12.0. The van der Waals surface area contributed by atoms with Crippen LogP contribution in [0.5, 0.6) is 0 Å². The number of amides is 1. The molecule has 0 heterocycles. The van der Waals surface area contributed by atoms with Crippen molar-refractivity contribution < 1.29 is 19.8 Å². The second-order valence-electron chi connectivity index (χ2n) is 3.89. The summed E-state index contributed by atoms with van der Waals surface area (Å²) in [4.78, 5) is 22.8. The van der Waals surface area contributed by atoms with Crippen molar-refractivity contribution in [1.29, 1.82) is 0 Å². The molecule has 0 fully saturated rings. The predicted octanol–water partition coefficient (Wildman–Crippen LogP) is 0.814. The van der Waals surface area contributed by atoms with Crippen molar-refractivity contribution in [3.63, 3.8) is 0 Å². The van der Waals surface area contributed by atoms with Gasteiger partial charge in [0, 0.05) is 18.6 Å². The first kappa shape index (κ1) is 14.2. The molecule has 0 aliphatic heterocycles. The number of carboxylic acid groups (broad SMARTS) is 1. The number of aryl methyl sites for hydroxylation is 1. The summed E-state index contributed by atoms with van der Waals surface area (Å²) in [6.07, 6.45) is 0.691. The van der Waals surface area contributed by atoms with Crippen molar-refractivity contribution in [2.24, 2.45) is 0 Å². The van der Waals surface area contributed by atoms with E-state index in [2.05, 4.69) is 5.32 Å². The molecule has 0 aliphatic rings. The van der Waals surface area contributed by atoms with Crippen molar-refractivity contribution in [2.75, 3.05) is 6.61 Å². The van der Waals surface area contributed by atoms with Crippen LogP contribution in [0.15, 0.2) is 24.3 Å². The number of hydrogen-bond acceptors (Lipinski definition) is 3. The number of rotatable bonds is 6. The molecule has 5 heteroatoms. The number of benzene rings is 1. The maximum Gasteiger partial charge on any atom is 0.326 e. The van der Waals surface area contributed by atoms with E-state index < -0.39 is 17.9 Å². The molecule has 98 valence electrons. The molecular weight excluding hydrogens is 234 g/mol. The van der Waals surface area contributed by atoms with Gasteiger partial charge in [0.2, 0.25) is 0 Å². The number of nitrogens with one attached hydrogen (secondary N) is 1. The van der Waals surface area contributed by atoms with E-state index in [1.54, 1.807) is 12.1 Å². The minimum Gasteiger partial charge on any atom is -0.480 e. The molecule has 0 unspecified atom stereocenters. The third kappa shape index (κ3) is 3.56. The van der Waals surface area contributed by atoms with Gasteiger partial charge >= 0.3 is 5.97 Å². The summed E-state index contributed by atoms with van der Waals surface area (Å²) in [6.45, 7) is 1.64. The van der Waals surface area contributed by atoms with E-state index in [0.717, 1.165) is 5.56 Å². The van der Waals surface area contributed by atoms with Crippen molar-refractivity contribution >= 4 is 11.9 Å². The van der Waals surface area contributed by atoms with Crippen LogP contribution in [-0.4, -0.2) is 34.7 Å². The summed E-state index contributed by atoms with van der Waals surface area (Å²) in [5.74, 6) is -1.57. The SMILES string of the molecule is CCc1ccccc1C(=O)N[C@H](CCO)C(=O)O. The average Bonchev–Trinajstić information content (AvgIpc) is 2.37. The Kier molecular flexibility index (Phi) is 5.32. The Balaban J connectivity index is 2.83. The minimum atomic E-state index is -1.15. The van der Waals surface area contributed by atoms with E-state index in [1.807, 2.05) is 19.1 Å². The molecule has 18 heavy (non-hydrogen) atoms. The van der Waals surface area contributed by atoms with Gasteiger partial charge < -0.3 is 15.5 Å². The van der Waals surface area contributed by atoms with Crippen LogP contribution >= 0.6 is 0 Å². The molecule has 0 saturated carbocycles. The van der Waals surface area contributed by atoms with Crippen LogP contribution in [-0.2, 0) is 11.2 Å². The Hall–Kier alpha value is -1.88. The molecule has 0 aromatic heterocycles. The Morgan fingerprint density at radius 1 is 1.33 bits per heavy atom. The highest BCUT2D eigenvalue weighted by molar-refractivity contribution is 5.97. The number of carboxylic acids is 1. The molecule has 3 N–H and O–H groups in total. The molecule has 0 radical (unpaired) electrons. The number of carbonyl (C=O) groups excluding carboxylic acids is 1. The summed E-state index contributed by atoms with van der Waals surface area (Å²) in [5.41, 5.74) is 1.34. The van der Waals surface area contributed by atoms with Gasteiger partial charge in [0.25, 0.3) is 5.91 Å². The standard InChI is InChI=1S/C13H17NO4/c1-2-9-5-3-4-6-10(9)12(16)14-11(7-8-15)13(17)18/h3-6,11,15H,2,7-8H2,1H3,(H,14,16)(H,17,18)/t11-/m1/s1. The van der Waals surface area contributed by atoms with Gasteiger partial charge in [-0.1, -0.05) is 25.1 Å². The lowest BCUT2D eigenvalue weighted by atomic mass is 10.0. The third-order valence-corrected chi connectivity index (χ3v) is 2.66. The smallest absolute Gasteiger partial charge is 0.326 e. The highest BCUT2D eigenvalue weighted by Gasteiger charge is 2.20. The fourth-order valence-corrected chi connectivity index (χ4v) is 1.67. The first-order chi connectivity index (χ1) is 8.60. The largest absolute Gasteiger partial charge is 0.480 e. The van der Waals surface area contributed by atoms with Crippen molar-refractivity contribution in [3.8, 4) is 0 Å². The van der Waals surface area contributed by atoms with E-state index in [4.69, 9.17) is 10.2 Å². The highest BCUT2D eigenvalue weighted by Crippen LogP contribution is 2.09. The van der Waals surface area contributed by atoms with Gasteiger partial charge in [0.05, 0.1) is 0 Å². The molecule has 1 atom stereocenters. The Bertz CT molecular complexity index is 431. The van der Waals surface area contributed by atoms with Gasteiger partial charge in [-0.25, -0.2) is 4.79 Å². The summed E-state index contributed by atoms with van der Waals surface area (Å²) < 4.78 is 0. The maximum atomic E-state index is 12.0. The second-order valence-corrected chi connectivity index (χ2v) is 3.89. The number of carbonyl (C=O) groups is 2. The molecule has 0 aliphatic carbocycles. The zero-order chi connectivity index (χ0) is 13.5. The first-order valence-corrected chi connectivity index (χ1v) is 5.82. The molecule has 0 saturated heterocycles. The molecule has 5 nitrogen and oxygen atoms in total. The first-order valence-electron chi connectivity index (χ1n) is 5.82.